The third kappa shape index (κ3) is 3.44. The van der Waals surface area contributed by atoms with Gasteiger partial charge in [-0.05, 0) is 19.8 Å². The largest absolute Gasteiger partial charge is 0.345 e. The molecule has 1 atom stereocenters. The number of aromatic nitrogens is 2. The second kappa shape index (κ2) is 6.02. The van der Waals surface area contributed by atoms with Gasteiger partial charge < -0.3 is 11.1 Å². The van der Waals surface area contributed by atoms with Crippen LogP contribution in [0, 0.1) is 12.8 Å². The second-order valence-electron chi connectivity index (χ2n) is 4.64. The van der Waals surface area contributed by atoms with Gasteiger partial charge in [-0.2, -0.15) is 5.10 Å². The van der Waals surface area contributed by atoms with E-state index in [1.54, 1.807) is 0 Å². The van der Waals surface area contributed by atoms with Crippen molar-refractivity contribution in [2.75, 3.05) is 6.54 Å². The highest BCUT2D eigenvalue weighted by molar-refractivity contribution is 5.95. The van der Waals surface area contributed by atoms with Crippen molar-refractivity contribution in [2.45, 2.75) is 33.2 Å². The highest BCUT2D eigenvalue weighted by atomic mass is 35.5. The molecule has 0 aromatic carbocycles. The Balaban J connectivity index is 0.00000256. The topological polar surface area (TPSA) is 83.8 Å². The Morgan fingerprint density at radius 3 is 2.59 bits per heavy atom. The number of carbonyl (C=O) groups excluding carboxylic acids is 1. The quantitative estimate of drug-likeness (QED) is 0.762. The highest BCUT2D eigenvalue weighted by Crippen LogP contribution is 2.16. The minimum atomic E-state index is -0.388. The van der Waals surface area contributed by atoms with Crippen LogP contribution in [0.2, 0.25) is 0 Å². The van der Waals surface area contributed by atoms with E-state index in [0.717, 1.165) is 5.69 Å². The number of aryl methyl sites for hydroxylation is 1. The first-order valence-electron chi connectivity index (χ1n) is 5.43. The fraction of sp³-hybridized carbons (Fsp3) is 0.636. The zero-order chi connectivity index (χ0) is 12.3. The van der Waals surface area contributed by atoms with E-state index in [-0.39, 0.29) is 29.8 Å². The SMILES string of the molecule is Cc1[nH]ncc1C(=O)NC(C)(CN)C(C)C.Cl. The first kappa shape index (κ1) is 15.9. The van der Waals surface area contributed by atoms with Crippen LogP contribution in [0.3, 0.4) is 0 Å². The highest BCUT2D eigenvalue weighted by Gasteiger charge is 2.29. The van der Waals surface area contributed by atoms with Gasteiger partial charge in [0.25, 0.3) is 5.91 Å². The Labute approximate surface area is 108 Å². The third-order valence-corrected chi connectivity index (χ3v) is 3.17. The van der Waals surface area contributed by atoms with Gasteiger partial charge >= 0.3 is 0 Å². The smallest absolute Gasteiger partial charge is 0.255 e. The van der Waals surface area contributed by atoms with E-state index >= 15 is 0 Å². The van der Waals surface area contributed by atoms with Gasteiger partial charge in [0, 0.05) is 12.2 Å². The van der Waals surface area contributed by atoms with Crippen molar-refractivity contribution in [2.24, 2.45) is 11.7 Å². The summed E-state index contributed by atoms with van der Waals surface area (Å²) in [5.74, 6) is 0.140. The number of nitrogens with two attached hydrogens (primary N) is 1. The van der Waals surface area contributed by atoms with Gasteiger partial charge in [0.2, 0.25) is 0 Å². The van der Waals surface area contributed by atoms with Crippen LogP contribution in [0.25, 0.3) is 0 Å². The molecule has 1 unspecified atom stereocenters. The normalized spacial score (nSPS) is 14.0. The molecule has 5 nitrogen and oxygen atoms in total. The van der Waals surface area contributed by atoms with Crippen molar-refractivity contribution in [1.29, 1.82) is 0 Å². The van der Waals surface area contributed by atoms with Crippen LogP contribution in [0.4, 0.5) is 0 Å². The first-order chi connectivity index (χ1) is 7.40. The number of hydrogen-bond donors (Lipinski definition) is 3. The molecule has 0 spiro atoms. The molecule has 0 aliphatic carbocycles. The summed E-state index contributed by atoms with van der Waals surface area (Å²) in [7, 11) is 0. The van der Waals surface area contributed by atoms with Crippen molar-refractivity contribution in [3.05, 3.63) is 17.5 Å². The van der Waals surface area contributed by atoms with Crippen molar-refractivity contribution in [3.8, 4) is 0 Å². The predicted octanol–water partition coefficient (Wildman–Crippen LogP) is 1.24. The molecule has 0 bridgehead atoms. The van der Waals surface area contributed by atoms with Crippen LogP contribution >= 0.6 is 12.4 Å². The van der Waals surface area contributed by atoms with E-state index in [1.165, 1.54) is 6.20 Å². The molecular formula is C11H21ClN4O. The van der Waals surface area contributed by atoms with E-state index in [0.29, 0.717) is 12.1 Å². The van der Waals surface area contributed by atoms with Crippen LogP contribution in [0.1, 0.15) is 36.8 Å². The molecule has 98 valence electrons. The summed E-state index contributed by atoms with van der Waals surface area (Å²) in [4.78, 5) is 12.0. The number of rotatable bonds is 4. The maximum atomic E-state index is 12.0. The number of nitrogens with one attached hydrogen (secondary N) is 2. The Morgan fingerprint density at radius 1 is 1.65 bits per heavy atom. The van der Waals surface area contributed by atoms with Crippen molar-refractivity contribution < 1.29 is 4.79 Å². The second-order valence-corrected chi connectivity index (χ2v) is 4.64. The average molecular weight is 261 g/mol. The Morgan fingerprint density at radius 2 is 2.24 bits per heavy atom. The fourth-order valence-corrected chi connectivity index (χ4v) is 1.34. The number of amides is 1. The molecule has 1 heterocycles. The Hall–Kier alpha value is -1.07. The lowest BCUT2D eigenvalue weighted by atomic mass is 9.88. The molecule has 0 radical (unpaired) electrons. The summed E-state index contributed by atoms with van der Waals surface area (Å²) in [6.45, 7) is 8.25. The van der Waals surface area contributed by atoms with Crippen LogP contribution in [-0.2, 0) is 0 Å². The Bertz CT molecular complexity index is 377. The molecule has 1 amide bonds. The van der Waals surface area contributed by atoms with E-state index in [2.05, 4.69) is 15.5 Å². The van der Waals surface area contributed by atoms with Gasteiger partial charge in [-0.15, -0.1) is 12.4 Å². The van der Waals surface area contributed by atoms with Gasteiger partial charge in [-0.25, -0.2) is 0 Å². The number of halogens is 1. The Kier molecular flexibility index (Phi) is 5.64. The number of hydrogen-bond acceptors (Lipinski definition) is 3. The van der Waals surface area contributed by atoms with Gasteiger partial charge in [0.1, 0.15) is 0 Å². The van der Waals surface area contributed by atoms with E-state index in [4.69, 9.17) is 5.73 Å². The lowest BCUT2D eigenvalue weighted by Gasteiger charge is -2.33. The molecule has 4 N–H and O–H groups in total. The molecule has 0 saturated heterocycles. The van der Waals surface area contributed by atoms with Gasteiger partial charge in [-0.1, -0.05) is 13.8 Å². The molecule has 1 aromatic rings. The molecule has 17 heavy (non-hydrogen) atoms. The van der Waals surface area contributed by atoms with Crippen molar-refractivity contribution in [1.82, 2.24) is 15.5 Å². The summed E-state index contributed by atoms with van der Waals surface area (Å²) in [6.07, 6.45) is 1.53. The molecule has 0 aliphatic heterocycles. The number of carbonyl (C=O) groups is 1. The minimum Gasteiger partial charge on any atom is -0.345 e. The minimum absolute atomic E-state index is 0. The molecule has 0 saturated carbocycles. The fourth-order valence-electron chi connectivity index (χ4n) is 1.34. The molecule has 0 aliphatic rings. The predicted molar refractivity (Wildman–Crippen MR) is 70.3 cm³/mol. The summed E-state index contributed by atoms with van der Waals surface area (Å²) in [5.41, 5.74) is 6.66. The summed E-state index contributed by atoms with van der Waals surface area (Å²) < 4.78 is 0. The van der Waals surface area contributed by atoms with Gasteiger partial charge in [0.05, 0.1) is 17.3 Å². The lowest BCUT2D eigenvalue weighted by molar-refractivity contribution is 0.0882. The lowest BCUT2D eigenvalue weighted by Crippen LogP contribution is -2.55. The summed E-state index contributed by atoms with van der Waals surface area (Å²) >= 11 is 0. The maximum absolute atomic E-state index is 12.0. The standard InChI is InChI=1S/C11H20N4O.ClH/c1-7(2)11(4,6-12)14-10(16)9-5-13-15-8(9)3;/h5,7H,6,12H2,1-4H3,(H,13,15)(H,14,16);1H. The molecule has 1 rings (SSSR count). The van der Waals surface area contributed by atoms with Crippen molar-refractivity contribution >= 4 is 18.3 Å². The first-order valence-corrected chi connectivity index (χ1v) is 5.43. The maximum Gasteiger partial charge on any atom is 0.255 e. The van der Waals surface area contributed by atoms with E-state index < -0.39 is 0 Å². The average Bonchev–Trinajstić information content (AvgIpc) is 2.64. The summed E-state index contributed by atoms with van der Waals surface area (Å²) in [6, 6.07) is 0. The van der Waals surface area contributed by atoms with Crippen LogP contribution in [0.5, 0.6) is 0 Å². The van der Waals surface area contributed by atoms with Gasteiger partial charge in [0.15, 0.2) is 0 Å². The van der Waals surface area contributed by atoms with Crippen LogP contribution in [-0.4, -0.2) is 28.2 Å². The third-order valence-electron chi connectivity index (χ3n) is 3.17. The molecule has 1 aromatic heterocycles. The van der Waals surface area contributed by atoms with E-state index in [9.17, 15) is 4.79 Å². The van der Waals surface area contributed by atoms with E-state index in [1.807, 2.05) is 27.7 Å². The zero-order valence-electron chi connectivity index (χ0n) is 10.7. The monoisotopic (exact) mass is 260 g/mol. The number of H-pyrrole nitrogens is 1. The molecular weight excluding hydrogens is 240 g/mol. The zero-order valence-corrected chi connectivity index (χ0v) is 11.5. The van der Waals surface area contributed by atoms with Crippen molar-refractivity contribution in [3.63, 3.8) is 0 Å². The van der Waals surface area contributed by atoms with Gasteiger partial charge in [-0.3, -0.25) is 9.89 Å². The summed E-state index contributed by atoms with van der Waals surface area (Å²) in [5, 5.41) is 9.53. The molecule has 6 heteroatoms. The molecule has 0 fully saturated rings. The number of aromatic amines is 1. The number of nitrogens with zero attached hydrogens (tertiary/aromatic N) is 1. The van der Waals surface area contributed by atoms with Crippen LogP contribution in [0.15, 0.2) is 6.20 Å². The van der Waals surface area contributed by atoms with Crippen LogP contribution < -0.4 is 11.1 Å².